The number of hydrogen-bond donors (Lipinski definition) is 1. The second-order valence-electron chi connectivity index (χ2n) is 5.32. The van der Waals surface area contributed by atoms with Gasteiger partial charge in [0, 0.05) is 24.4 Å². The monoisotopic (exact) mass is 289 g/mol. The Morgan fingerprint density at radius 2 is 2.24 bits per heavy atom. The molecule has 2 aromatic rings. The van der Waals surface area contributed by atoms with Crippen LogP contribution >= 0.6 is 0 Å². The molecule has 1 amide bonds. The summed E-state index contributed by atoms with van der Waals surface area (Å²) in [5.41, 5.74) is 0. The minimum absolute atomic E-state index is 0.212. The third-order valence-corrected chi connectivity index (χ3v) is 3.84. The largest absolute Gasteiger partial charge is 0.493 e. The maximum atomic E-state index is 13.6. The molecule has 0 aromatic heterocycles. The molecule has 1 N–H and O–H groups in total. The van der Waals surface area contributed by atoms with Crippen molar-refractivity contribution in [3.63, 3.8) is 0 Å². The maximum Gasteiger partial charge on any atom is 0.407 e. The van der Waals surface area contributed by atoms with Gasteiger partial charge < -0.3 is 14.7 Å². The maximum absolute atomic E-state index is 13.6. The Morgan fingerprint density at radius 3 is 3.00 bits per heavy atom. The van der Waals surface area contributed by atoms with E-state index >= 15 is 0 Å². The van der Waals surface area contributed by atoms with Crippen molar-refractivity contribution in [1.82, 2.24) is 4.90 Å². The Bertz CT molecular complexity index is 674. The number of halogens is 1. The van der Waals surface area contributed by atoms with E-state index in [9.17, 15) is 9.18 Å². The van der Waals surface area contributed by atoms with E-state index in [1.54, 1.807) is 18.2 Å². The topological polar surface area (TPSA) is 49.8 Å². The van der Waals surface area contributed by atoms with Crippen LogP contribution in [0.15, 0.2) is 36.4 Å². The molecule has 4 nitrogen and oxygen atoms in total. The lowest BCUT2D eigenvalue weighted by molar-refractivity contribution is 0.151. The fraction of sp³-hybridized carbons (Fsp3) is 0.312. The van der Waals surface area contributed by atoms with Crippen molar-refractivity contribution in [3.8, 4) is 5.75 Å². The lowest BCUT2D eigenvalue weighted by atomic mass is 10.1. The van der Waals surface area contributed by atoms with Gasteiger partial charge in [-0.1, -0.05) is 12.1 Å². The number of likely N-dealkylation sites (tertiary alicyclic amines) is 1. The van der Waals surface area contributed by atoms with Crippen LogP contribution in [0.25, 0.3) is 10.8 Å². The molecule has 1 unspecified atom stereocenters. The molecule has 2 aromatic carbocycles. The molecule has 21 heavy (non-hydrogen) atoms. The normalized spacial score (nSPS) is 18.1. The predicted molar refractivity (Wildman–Crippen MR) is 77.1 cm³/mol. The summed E-state index contributed by atoms with van der Waals surface area (Å²) in [6, 6.07) is 10.2. The highest BCUT2D eigenvalue weighted by molar-refractivity contribution is 5.84. The molecule has 1 aliphatic rings. The molecule has 110 valence electrons. The van der Waals surface area contributed by atoms with Crippen LogP contribution < -0.4 is 4.74 Å². The Morgan fingerprint density at radius 1 is 1.38 bits per heavy atom. The summed E-state index contributed by atoms with van der Waals surface area (Å²) in [5.74, 6) is 0.651. The van der Waals surface area contributed by atoms with E-state index in [1.165, 1.54) is 11.0 Å². The smallest absolute Gasteiger partial charge is 0.407 e. The minimum atomic E-state index is -0.876. The highest BCUT2D eigenvalue weighted by atomic mass is 19.1. The molecule has 0 radical (unpaired) electrons. The average Bonchev–Trinajstić information content (AvgIpc) is 2.94. The van der Waals surface area contributed by atoms with Gasteiger partial charge in [-0.15, -0.1) is 0 Å². The summed E-state index contributed by atoms with van der Waals surface area (Å²) >= 11 is 0. The molecular weight excluding hydrogens is 273 g/mol. The van der Waals surface area contributed by atoms with E-state index in [4.69, 9.17) is 9.84 Å². The van der Waals surface area contributed by atoms with Crippen LogP contribution in [0.3, 0.4) is 0 Å². The number of amides is 1. The Labute approximate surface area is 121 Å². The lowest BCUT2D eigenvalue weighted by Crippen LogP contribution is -2.27. The van der Waals surface area contributed by atoms with Gasteiger partial charge in [0.15, 0.2) is 0 Å². The number of fused-ring (bicyclic) bond motifs is 1. The van der Waals surface area contributed by atoms with Gasteiger partial charge in [-0.2, -0.15) is 0 Å². The van der Waals surface area contributed by atoms with E-state index in [0.717, 1.165) is 11.8 Å². The molecule has 0 saturated carbocycles. The minimum Gasteiger partial charge on any atom is -0.493 e. The van der Waals surface area contributed by atoms with Crippen LogP contribution in [0.2, 0.25) is 0 Å². The van der Waals surface area contributed by atoms with Crippen LogP contribution in [-0.2, 0) is 0 Å². The molecule has 1 heterocycles. The fourth-order valence-electron chi connectivity index (χ4n) is 2.67. The first-order chi connectivity index (χ1) is 10.1. The number of carbonyl (C=O) groups is 1. The van der Waals surface area contributed by atoms with Crippen molar-refractivity contribution in [3.05, 3.63) is 42.2 Å². The van der Waals surface area contributed by atoms with Gasteiger partial charge in [0.25, 0.3) is 0 Å². The summed E-state index contributed by atoms with van der Waals surface area (Å²) in [6.45, 7) is 1.55. The van der Waals surface area contributed by atoms with Crippen molar-refractivity contribution in [2.45, 2.75) is 6.42 Å². The van der Waals surface area contributed by atoms with E-state index < -0.39 is 6.09 Å². The number of carboxylic acid groups (broad SMARTS) is 1. The number of ether oxygens (including phenoxy) is 1. The average molecular weight is 289 g/mol. The molecule has 1 atom stereocenters. The van der Waals surface area contributed by atoms with Gasteiger partial charge in [-0.3, -0.25) is 0 Å². The van der Waals surface area contributed by atoms with Gasteiger partial charge in [-0.05, 0) is 36.1 Å². The van der Waals surface area contributed by atoms with Crippen LogP contribution in [0.4, 0.5) is 9.18 Å². The van der Waals surface area contributed by atoms with Crippen LogP contribution in [0.5, 0.6) is 5.75 Å². The highest BCUT2D eigenvalue weighted by Crippen LogP contribution is 2.24. The van der Waals surface area contributed by atoms with Crippen molar-refractivity contribution in [2.75, 3.05) is 19.7 Å². The molecular formula is C16H16FNO3. The van der Waals surface area contributed by atoms with E-state index in [0.29, 0.717) is 30.8 Å². The molecule has 0 spiro atoms. The first-order valence-corrected chi connectivity index (χ1v) is 6.92. The molecule has 1 saturated heterocycles. The standard InChI is InChI=1S/C16H16FNO3/c17-15-3-1-2-12-8-13(4-5-14(12)15)21-10-11-6-7-18(9-11)16(19)20/h1-5,8,11H,6-7,9-10H2,(H,19,20). The first-order valence-electron chi connectivity index (χ1n) is 6.92. The van der Waals surface area contributed by atoms with Gasteiger partial charge in [0.1, 0.15) is 11.6 Å². The predicted octanol–water partition coefficient (Wildman–Crippen LogP) is 3.36. The Balaban J connectivity index is 1.65. The number of benzene rings is 2. The van der Waals surface area contributed by atoms with Crippen LogP contribution in [0, 0.1) is 11.7 Å². The molecule has 0 aliphatic carbocycles. The zero-order valence-corrected chi connectivity index (χ0v) is 11.5. The second kappa shape index (κ2) is 5.60. The fourth-order valence-corrected chi connectivity index (χ4v) is 2.67. The first kappa shape index (κ1) is 13.7. The van der Waals surface area contributed by atoms with E-state index in [1.807, 2.05) is 12.1 Å². The van der Waals surface area contributed by atoms with E-state index in [2.05, 4.69) is 0 Å². The van der Waals surface area contributed by atoms with Gasteiger partial charge in [0.05, 0.1) is 6.61 Å². The van der Waals surface area contributed by atoms with E-state index in [-0.39, 0.29) is 11.7 Å². The van der Waals surface area contributed by atoms with Gasteiger partial charge >= 0.3 is 6.09 Å². The van der Waals surface area contributed by atoms with Crippen LogP contribution in [0.1, 0.15) is 6.42 Å². The zero-order chi connectivity index (χ0) is 14.8. The molecule has 1 aliphatic heterocycles. The summed E-state index contributed by atoms with van der Waals surface area (Å²) in [6.07, 6.45) is -0.0622. The van der Waals surface area contributed by atoms with Crippen molar-refractivity contribution >= 4 is 16.9 Å². The second-order valence-corrected chi connectivity index (χ2v) is 5.32. The summed E-state index contributed by atoms with van der Waals surface area (Å²) in [4.78, 5) is 12.3. The summed E-state index contributed by atoms with van der Waals surface area (Å²) < 4.78 is 19.3. The van der Waals surface area contributed by atoms with Gasteiger partial charge in [-0.25, -0.2) is 9.18 Å². The number of hydrogen-bond acceptors (Lipinski definition) is 2. The van der Waals surface area contributed by atoms with Crippen molar-refractivity contribution in [1.29, 1.82) is 0 Å². The summed E-state index contributed by atoms with van der Waals surface area (Å²) in [7, 11) is 0. The Hall–Kier alpha value is -2.30. The quantitative estimate of drug-likeness (QED) is 0.942. The highest BCUT2D eigenvalue weighted by Gasteiger charge is 2.26. The van der Waals surface area contributed by atoms with Crippen molar-refractivity contribution in [2.24, 2.45) is 5.92 Å². The molecule has 1 fully saturated rings. The van der Waals surface area contributed by atoms with Crippen molar-refractivity contribution < 1.29 is 19.0 Å². The van der Waals surface area contributed by atoms with Gasteiger partial charge in [0.2, 0.25) is 0 Å². The Kier molecular flexibility index (Phi) is 3.64. The summed E-state index contributed by atoms with van der Waals surface area (Å²) in [5, 5.41) is 10.3. The molecule has 5 heteroatoms. The molecule has 3 rings (SSSR count). The third kappa shape index (κ3) is 2.91. The SMILES string of the molecule is O=C(O)N1CCC(COc2ccc3c(F)cccc3c2)C1. The van der Waals surface area contributed by atoms with Crippen LogP contribution in [-0.4, -0.2) is 35.8 Å². The number of nitrogens with zero attached hydrogens (tertiary/aromatic N) is 1. The lowest BCUT2D eigenvalue weighted by Gasteiger charge is -2.13. The zero-order valence-electron chi connectivity index (χ0n) is 11.5. The number of rotatable bonds is 3. The third-order valence-electron chi connectivity index (χ3n) is 3.84. The molecule has 0 bridgehead atoms.